The fraction of sp³-hybridized carbons (Fsp3) is 0.409. The van der Waals surface area contributed by atoms with Gasteiger partial charge in [0.15, 0.2) is 0 Å². The van der Waals surface area contributed by atoms with E-state index in [1.807, 2.05) is 57.2 Å². The quantitative estimate of drug-likeness (QED) is 0.794. The molecule has 1 atom stereocenters. The molecule has 26 heavy (non-hydrogen) atoms. The van der Waals surface area contributed by atoms with Crippen LogP contribution in [0.1, 0.15) is 31.9 Å². The molecule has 4 nitrogen and oxygen atoms in total. The van der Waals surface area contributed by atoms with Gasteiger partial charge in [-0.2, -0.15) is 0 Å². The molecule has 1 aliphatic rings. The number of carbonyl (C=O) groups excluding carboxylic acids is 1. The largest absolute Gasteiger partial charge is 0.444 e. The molecule has 0 bridgehead atoms. The van der Waals surface area contributed by atoms with Gasteiger partial charge in [0.05, 0.1) is 12.1 Å². The second-order valence-corrected chi connectivity index (χ2v) is 7.93. The Hall–Kier alpha value is -2.33. The molecule has 0 radical (unpaired) electrons. The van der Waals surface area contributed by atoms with Crippen molar-refractivity contribution in [2.45, 2.75) is 50.9 Å². The number of epoxide rings is 1. The van der Waals surface area contributed by atoms with Gasteiger partial charge < -0.3 is 14.8 Å². The zero-order valence-corrected chi connectivity index (χ0v) is 15.7. The maximum Gasteiger partial charge on any atom is 0.408 e. The van der Waals surface area contributed by atoms with Crippen molar-refractivity contribution in [1.82, 2.24) is 5.32 Å². The van der Waals surface area contributed by atoms with Gasteiger partial charge in [-0.1, -0.05) is 60.7 Å². The van der Waals surface area contributed by atoms with E-state index in [1.165, 1.54) is 0 Å². The second kappa shape index (κ2) is 7.50. The number of hydrogen-bond acceptors (Lipinski definition) is 3. The molecule has 0 aliphatic carbocycles. The molecule has 0 saturated carbocycles. The molecule has 2 aromatic carbocycles. The normalized spacial score (nSPS) is 16.8. The average Bonchev–Trinajstić information content (AvgIpc) is 3.40. The van der Waals surface area contributed by atoms with Crippen molar-refractivity contribution < 1.29 is 14.3 Å². The number of rotatable bonds is 6. The standard InChI is InChI=1S/C22H27NO3/c1-21(2,3)26-20(24)23-22(19-16-25-19,14-17-10-6-4-7-11-17)15-18-12-8-5-9-13-18/h4-13,19H,14-16H2,1-3H3,(H,23,24)/t19-/m0/s1. The molecule has 2 aromatic rings. The summed E-state index contributed by atoms with van der Waals surface area (Å²) in [7, 11) is 0. The van der Waals surface area contributed by atoms with Crippen LogP contribution in [0.3, 0.4) is 0 Å². The van der Waals surface area contributed by atoms with E-state index in [2.05, 4.69) is 29.6 Å². The highest BCUT2D eigenvalue weighted by molar-refractivity contribution is 5.69. The van der Waals surface area contributed by atoms with Gasteiger partial charge in [0.2, 0.25) is 0 Å². The molecule has 3 rings (SSSR count). The van der Waals surface area contributed by atoms with Gasteiger partial charge in [-0.3, -0.25) is 0 Å². The molecule has 1 heterocycles. The smallest absolute Gasteiger partial charge is 0.408 e. The summed E-state index contributed by atoms with van der Waals surface area (Å²) in [5.74, 6) is 0. The Bertz CT molecular complexity index is 677. The van der Waals surface area contributed by atoms with E-state index < -0.39 is 17.2 Å². The SMILES string of the molecule is CC(C)(C)OC(=O)NC(Cc1ccccc1)(Cc1ccccc1)[C@@H]1CO1. The maximum atomic E-state index is 12.6. The maximum absolute atomic E-state index is 12.6. The second-order valence-electron chi connectivity index (χ2n) is 7.93. The molecule has 1 fully saturated rings. The van der Waals surface area contributed by atoms with Crippen LogP contribution in [-0.4, -0.2) is 29.9 Å². The highest BCUT2D eigenvalue weighted by Gasteiger charge is 2.48. The zero-order valence-electron chi connectivity index (χ0n) is 15.7. The predicted octanol–water partition coefficient (Wildman–Crippen LogP) is 4.13. The van der Waals surface area contributed by atoms with Gasteiger partial charge in [-0.15, -0.1) is 0 Å². The predicted molar refractivity (Wildman–Crippen MR) is 102 cm³/mol. The molecule has 4 heteroatoms. The minimum atomic E-state index is -0.542. The lowest BCUT2D eigenvalue weighted by Gasteiger charge is -2.35. The van der Waals surface area contributed by atoms with Crippen LogP contribution in [0.25, 0.3) is 0 Å². The van der Waals surface area contributed by atoms with E-state index in [-0.39, 0.29) is 6.10 Å². The Balaban J connectivity index is 1.88. The highest BCUT2D eigenvalue weighted by atomic mass is 16.6. The van der Waals surface area contributed by atoms with Crippen LogP contribution in [0, 0.1) is 0 Å². The van der Waals surface area contributed by atoms with Crippen molar-refractivity contribution >= 4 is 6.09 Å². The van der Waals surface area contributed by atoms with Crippen LogP contribution in [0.15, 0.2) is 60.7 Å². The van der Waals surface area contributed by atoms with Gasteiger partial charge in [0, 0.05) is 0 Å². The fourth-order valence-corrected chi connectivity index (χ4v) is 3.25. The Labute approximate surface area is 155 Å². The monoisotopic (exact) mass is 353 g/mol. The number of nitrogens with one attached hydrogen (secondary N) is 1. The summed E-state index contributed by atoms with van der Waals surface area (Å²) < 4.78 is 11.2. The number of hydrogen-bond donors (Lipinski definition) is 1. The van der Waals surface area contributed by atoms with E-state index in [1.54, 1.807) is 0 Å². The Morgan fingerprint density at radius 2 is 1.46 bits per heavy atom. The topological polar surface area (TPSA) is 50.9 Å². The Morgan fingerprint density at radius 3 is 1.85 bits per heavy atom. The van der Waals surface area contributed by atoms with Crippen LogP contribution in [0.2, 0.25) is 0 Å². The van der Waals surface area contributed by atoms with Gasteiger partial charge in [-0.05, 0) is 44.7 Å². The highest BCUT2D eigenvalue weighted by Crippen LogP contribution is 2.32. The van der Waals surface area contributed by atoms with E-state index in [0.717, 1.165) is 11.1 Å². The molecule has 138 valence electrons. The summed E-state index contributed by atoms with van der Waals surface area (Å²) in [5, 5.41) is 3.16. The third kappa shape index (κ3) is 5.09. The van der Waals surface area contributed by atoms with E-state index in [4.69, 9.17) is 9.47 Å². The van der Waals surface area contributed by atoms with E-state index >= 15 is 0 Å². The van der Waals surface area contributed by atoms with Crippen molar-refractivity contribution in [3.8, 4) is 0 Å². The number of ether oxygens (including phenoxy) is 2. The van der Waals surface area contributed by atoms with Crippen LogP contribution in [0.4, 0.5) is 4.79 Å². The summed E-state index contributed by atoms with van der Waals surface area (Å²) in [6.07, 6.45) is 0.953. The molecule has 1 aliphatic heterocycles. The third-order valence-electron chi connectivity index (χ3n) is 4.42. The van der Waals surface area contributed by atoms with Crippen molar-refractivity contribution in [3.63, 3.8) is 0 Å². The van der Waals surface area contributed by atoms with Crippen molar-refractivity contribution in [2.24, 2.45) is 0 Å². The lowest BCUT2D eigenvalue weighted by Crippen LogP contribution is -2.57. The summed E-state index contributed by atoms with van der Waals surface area (Å²) in [6, 6.07) is 20.4. The molecular weight excluding hydrogens is 326 g/mol. The van der Waals surface area contributed by atoms with Crippen molar-refractivity contribution in [1.29, 1.82) is 0 Å². The molecule has 0 unspecified atom stereocenters. The van der Waals surface area contributed by atoms with Crippen LogP contribution in [0.5, 0.6) is 0 Å². The van der Waals surface area contributed by atoms with Gasteiger partial charge in [0.1, 0.15) is 11.7 Å². The van der Waals surface area contributed by atoms with E-state index in [9.17, 15) is 4.79 Å². The summed E-state index contributed by atoms with van der Waals surface area (Å²) in [4.78, 5) is 12.6. The van der Waals surface area contributed by atoms with Gasteiger partial charge in [-0.25, -0.2) is 4.79 Å². The first-order chi connectivity index (χ1) is 12.4. The first-order valence-corrected chi connectivity index (χ1v) is 9.07. The number of amides is 1. The van der Waals surface area contributed by atoms with Gasteiger partial charge in [0.25, 0.3) is 0 Å². The van der Waals surface area contributed by atoms with Crippen LogP contribution in [-0.2, 0) is 22.3 Å². The Kier molecular flexibility index (Phi) is 5.33. The summed E-state index contributed by atoms with van der Waals surface area (Å²) >= 11 is 0. The molecular formula is C22H27NO3. The zero-order chi connectivity index (χ0) is 18.6. The van der Waals surface area contributed by atoms with Crippen molar-refractivity contribution in [3.05, 3.63) is 71.8 Å². The number of carbonyl (C=O) groups is 1. The third-order valence-corrected chi connectivity index (χ3v) is 4.42. The molecule has 0 aromatic heterocycles. The molecule has 1 N–H and O–H groups in total. The average molecular weight is 353 g/mol. The lowest BCUT2D eigenvalue weighted by molar-refractivity contribution is 0.0429. The number of alkyl carbamates (subject to hydrolysis) is 1. The summed E-state index contributed by atoms with van der Waals surface area (Å²) in [5.41, 5.74) is 1.25. The minimum absolute atomic E-state index is 0.0181. The van der Waals surface area contributed by atoms with Gasteiger partial charge >= 0.3 is 6.09 Å². The number of benzene rings is 2. The minimum Gasteiger partial charge on any atom is -0.444 e. The molecule has 1 saturated heterocycles. The first kappa shape index (κ1) is 18.5. The Morgan fingerprint density at radius 1 is 1.00 bits per heavy atom. The summed E-state index contributed by atoms with van der Waals surface area (Å²) in [6.45, 7) is 6.26. The molecule has 0 spiro atoms. The lowest BCUT2D eigenvalue weighted by atomic mass is 9.82. The van der Waals surface area contributed by atoms with E-state index in [0.29, 0.717) is 19.4 Å². The molecule has 1 amide bonds. The van der Waals surface area contributed by atoms with Crippen molar-refractivity contribution in [2.75, 3.05) is 6.61 Å². The van der Waals surface area contributed by atoms with Crippen LogP contribution < -0.4 is 5.32 Å². The fourth-order valence-electron chi connectivity index (χ4n) is 3.25. The van der Waals surface area contributed by atoms with Crippen LogP contribution >= 0.6 is 0 Å². The first-order valence-electron chi connectivity index (χ1n) is 9.07.